The molecule has 23 heavy (non-hydrogen) atoms. The first-order valence-corrected chi connectivity index (χ1v) is 8.22. The van der Waals surface area contributed by atoms with Gasteiger partial charge in [-0.2, -0.15) is 8.42 Å². The zero-order valence-electron chi connectivity index (χ0n) is 12.7. The molecule has 9 nitrogen and oxygen atoms in total. The summed E-state index contributed by atoms with van der Waals surface area (Å²) in [6, 6.07) is 7.92. The lowest BCUT2D eigenvalue weighted by Crippen LogP contribution is -2.50. The lowest BCUT2D eigenvalue weighted by molar-refractivity contribution is -0.122. The van der Waals surface area contributed by atoms with Crippen molar-refractivity contribution in [1.29, 1.82) is 0 Å². The average molecular weight is 348 g/mol. The van der Waals surface area contributed by atoms with Gasteiger partial charge in [-0.05, 0) is 12.5 Å². The molecule has 0 saturated carbocycles. The Morgan fingerprint density at radius 1 is 1.30 bits per heavy atom. The van der Waals surface area contributed by atoms with Crippen LogP contribution in [0, 0.1) is 0 Å². The summed E-state index contributed by atoms with van der Waals surface area (Å²) in [5, 5.41) is 11.4. The summed E-state index contributed by atoms with van der Waals surface area (Å²) in [6.45, 7) is 1.44. The lowest BCUT2D eigenvalue weighted by Gasteiger charge is -2.17. The number of hydrogen-bond acceptors (Lipinski definition) is 6. The summed E-state index contributed by atoms with van der Waals surface area (Å²) in [6.07, 6.45) is -1.16. The number of rotatable bonds is 5. The van der Waals surface area contributed by atoms with Gasteiger partial charge in [0.05, 0.1) is 12.4 Å². The third-order valence-electron chi connectivity index (χ3n) is 2.28. The Kier molecular flexibility index (Phi) is 8.85. The molecule has 0 heterocycles. The number of alkyl carbamates (subject to hydrolysis) is 1. The molecule has 2 atom stereocenters. The van der Waals surface area contributed by atoms with E-state index in [1.165, 1.54) is 6.92 Å². The van der Waals surface area contributed by atoms with Gasteiger partial charge in [0.15, 0.2) is 0 Å². The summed E-state index contributed by atoms with van der Waals surface area (Å²) >= 11 is 0. The maximum atomic E-state index is 11.4. The van der Waals surface area contributed by atoms with Crippen LogP contribution in [0.15, 0.2) is 30.3 Å². The highest BCUT2D eigenvalue weighted by atomic mass is 32.2. The van der Waals surface area contributed by atoms with E-state index < -0.39 is 34.3 Å². The van der Waals surface area contributed by atoms with E-state index in [2.05, 4.69) is 5.32 Å². The van der Waals surface area contributed by atoms with E-state index in [0.717, 1.165) is 5.56 Å². The molecule has 0 saturated heterocycles. The van der Waals surface area contributed by atoms with E-state index >= 15 is 0 Å². The molecule has 10 heteroatoms. The number of nitrogens with one attached hydrogen (secondary N) is 1. The highest BCUT2D eigenvalue weighted by Crippen LogP contribution is 2.01. The Morgan fingerprint density at radius 2 is 1.78 bits per heavy atom. The molecule has 0 aliphatic heterocycles. The van der Waals surface area contributed by atoms with Crippen molar-refractivity contribution in [3.63, 3.8) is 0 Å². The Bertz CT molecular complexity index is 594. The molecule has 0 bridgehead atoms. The average Bonchev–Trinajstić information content (AvgIpc) is 2.41. The monoisotopic (exact) mass is 348 g/mol. The first-order chi connectivity index (χ1) is 10.5. The van der Waals surface area contributed by atoms with Gasteiger partial charge in [0.2, 0.25) is 5.91 Å². The number of nitrogens with two attached hydrogens (primary N) is 1. The van der Waals surface area contributed by atoms with Crippen molar-refractivity contribution in [2.75, 3.05) is 6.26 Å². The fourth-order valence-corrected chi connectivity index (χ4v) is 1.32. The Balaban J connectivity index is 0.000000841. The smallest absolute Gasteiger partial charge is 0.408 e. The van der Waals surface area contributed by atoms with Gasteiger partial charge in [-0.25, -0.2) is 4.79 Å². The van der Waals surface area contributed by atoms with Gasteiger partial charge >= 0.3 is 6.09 Å². The van der Waals surface area contributed by atoms with Crippen LogP contribution in [0.25, 0.3) is 0 Å². The zero-order chi connectivity index (χ0) is 18.0. The molecule has 2 amide bonds. The Labute approximate surface area is 134 Å². The van der Waals surface area contributed by atoms with Gasteiger partial charge in [-0.3, -0.25) is 9.35 Å². The van der Waals surface area contributed by atoms with E-state index in [4.69, 9.17) is 15.0 Å². The molecule has 0 fully saturated rings. The standard InChI is InChI=1S/C12H16N2O4.CH4O3S/c1-8(15)10(11(13)16)14-12(17)18-7-9-5-3-2-4-6-9;1-5(2,3)4/h2-6,8,10,15H,7H2,1H3,(H2,13,16)(H,14,17);1H3,(H,2,3,4)/t8-,10+;/m1./s1. The fraction of sp³-hybridized carbons (Fsp3) is 0.385. The van der Waals surface area contributed by atoms with Crippen molar-refractivity contribution in [3.05, 3.63) is 35.9 Å². The van der Waals surface area contributed by atoms with Crippen molar-refractivity contribution in [2.45, 2.75) is 25.7 Å². The van der Waals surface area contributed by atoms with Gasteiger partial charge in [0.25, 0.3) is 10.1 Å². The molecular formula is C13H20N2O7S. The molecule has 0 radical (unpaired) electrons. The van der Waals surface area contributed by atoms with E-state index in [9.17, 15) is 23.1 Å². The minimum Gasteiger partial charge on any atom is -0.445 e. The first-order valence-electron chi connectivity index (χ1n) is 6.37. The largest absolute Gasteiger partial charge is 0.445 e. The van der Waals surface area contributed by atoms with Crippen LogP contribution in [0.1, 0.15) is 12.5 Å². The second-order valence-corrected chi connectivity index (χ2v) is 6.03. The molecule has 0 aromatic heterocycles. The van der Waals surface area contributed by atoms with E-state index in [1.807, 2.05) is 18.2 Å². The van der Waals surface area contributed by atoms with Gasteiger partial charge in [0.1, 0.15) is 12.6 Å². The lowest BCUT2D eigenvalue weighted by atomic mass is 10.2. The predicted octanol–water partition coefficient (Wildman–Crippen LogP) is -0.348. The molecule has 130 valence electrons. The van der Waals surface area contributed by atoms with Gasteiger partial charge < -0.3 is 20.9 Å². The van der Waals surface area contributed by atoms with Crippen LogP contribution in [0.2, 0.25) is 0 Å². The SMILES string of the molecule is CS(=O)(=O)O.C[C@@H](O)[C@H](NC(=O)OCc1ccccc1)C(N)=O. The number of carbonyl (C=O) groups is 2. The van der Waals surface area contributed by atoms with Crippen LogP contribution >= 0.6 is 0 Å². The number of aliphatic hydroxyl groups is 1. The number of carbonyl (C=O) groups excluding carboxylic acids is 2. The summed E-state index contributed by atoms with van der Waals surface area (Å²) in [5.74, 6) is -0.818. The maximum Gasteiger partial charge on any atom is 0.408 e. The minimum absolute atomic E-state index is 0.0813. The van der Waals surface area contributed by atoms with E-state index in [0.29, 0.717) is 6.26 Å². The second kappa shape index (κ2) is 9.77. The third-order valence-corrected chi connectivity index (χ3v) is 2.28. The van der Waals surface area contributed by atoms with Crippen LogP contribution in [0.4, 0.5) is 4.79 Å². The molecular weight excluding hydrogens is 328 g/mol. The second-order valence-electron chi connectivity index (χ2n) is 4.56. The zero-order valence-corrected chi connectivity index (χ0v) is 13.5. The van der Waals surface area contributed by atoms with Gasteiger partial charge in [-0.15, -0.1) is 0 Å². The summed E-state index contributed by atoms with van der Waals surface area (Å²) in [5.41, 5.74) is 5.84. The summed E-state index contributed by atoms with van der Waals surface area (Å²) < 4.78 is 30.8. The van der Waals surface area contributed by atoms with Crippen LogP contribution in [0.5, 0.6) is 0 Å². The molecule has 5 N–H and O–H groups in total. The number of primary amides is 1. The van der Waals surface area contributed by atoms with E-state index in [1.54, 1.807) is 12.1 Å². The number of amides is 2. The topological polar surface area (TPSA) is 156 Å². The molecule has 1 aromatic rings. The molecule has 1 aromatic carbocycles. The highest BCUT2D eigenvalue weighted by molar-refractivity contribution is 7.85. The van der Waals surface area contributed by atoms with Crippen molar-refractivity contribution in [2.24, 2.45) is 5.73 Å². The predicted molar refractivity (Wildman–Crippen MR) is 81.9 cm³/mol. The summed E-state index contributed by atoms with van der Waals surface area (Å²) in [4.78, 5) is 22.3. The molecule has 0 unspecified atom stereocenters. The first kappa shape index (κ1) is 20.8. The normalized spacial score (nSPS) is 13.0. The van der Waals surface area contributed by atoms with Gasteiger partial charge in [0, 0.05) is 0 Å². The van der Waals surface area contributed by atoms with Crippen LogP contribution in [0.3, 0.4) is 0 Å². The van der Waals surface area contributed by atoms with Crippen molar-refractivity contribution in [1.82, 2.24) is 5.32 Å². The van der Waals surface area contributed by atoms with Crippen LogP contribution in [-0.4, -0.2) is 48.5 Å². The minimum atomic E-state index is -3.67. The Morgan fingerprint density at radius 3 is 2.17 bits per heavy atom. The number of ether oxygens (including phenoxy) is 1. The number of hydrogen-bond donors (Lipinski definition) is 4. The van der Waals surface area contributed by atoms with Crippen molar-refractivity contribution in [3.8, 4) is 0 Å². The molecule has 0 aliphatic rings. The maximum absolute atomic E-state index is 11.4. The Hall–Kier alpha value is -2.17. The number of benzene rings is 1. The van der Waals surface area contributed by atoms with Crippen molar-refractivity contribution < 1.29 is 32.4 Å². The summed E-state index contributed by atoms with van der Waals surface area (Å²) in [7, 11) is -3.67. The van der Waals surface area contributed by atoms with Crippen LogP contribution in [-0.2, 0) is 26.3 Å². The molecule has 0 aliphatic carbocycles. The molecule has 1 rings (SSSR count). The van der Waals surface area contributed by atoms with Crippen molar-refractivity contribution >= 4 is 22.1 Å². The third kappa shape index (κ3) is 12.1. The molecule has 0 spiro atoms. The van der Waals surface area contributed by atoms with Crippen LogP contribution < -0.4 is 11.1 Å². The van der Waals surface area contributed by atoms with E-state index in [-0.39, 0.29) is 6.61 Å². The quantitative estimate of drug-likeness (QED) is 0.530. The number of aliphatic hydroxyl groups excluding tert-OH is 1. The fourth-order valence-electron chi connectivity index (χ4n) is 1.32. The van der Waals surface area contributed by atoms with Gasteiger partial charge in [-0.1, -0.05) is 30.3 Å². The highest BCUT2D eigenvalue weighted by Gasteiger charge is 2.23.